The largest absolute Gasteiger partial charge is 0.507 e. The van der Waals surface area contributed by atoms with Crippen molar-refractivity contribution in [1.29, 1.82) is 0 Å². The van der Waals surface area contributed by atoms with Crippen molar-refractivity contribution in [1.82, 2.24) is 39.9 Å². The van der Waals surface area contributed by atoms with Gasteiger partial charge in [-0.2, -0.15) is 0 Å². The van der Waals surface area contributed by atoms with Crippen LogP contribution in [0, 0.1) is 0 Å². The Hall–Kier alpha value is -6.12. The Labute approximate surface area is 230 Å². The van der Waals surface area contributed by atoms with Crippen LogP contribution in [-0.2, 0) is 0 Å². The lowest BCUT2D eigenvalue weighted by Crippen LogP contribution is -2.21. The second-order valence-corrected chi connectivity index (χ2v) is 8.94. The van der Waals surface area contributed by atoms with Crippen LogP contribution in [0.25, 0.3) is 34.2 Å². The molecule has 0 aliphatic carbocycles. The van der Waals surface area contributed by atoms with E-state index in [1.54, 1.807) is 14.1 Å². The number of aromatic carboxylic acids is 2. The molecule has 0 aliphatic rings. The summed E-state index contributed by atoms with van der Waals surface area (Å²) in [7, 11) is 3.18. The van der Waals surface area contributed by atoms with Gasteiger partial charge in [-0.25, -0.2) is 23.9 Å². The lowest BCUT2D eigenvalue weighted by Gasteiger charge is -2.11. The summed E-state index contributed by atoms with van der Waals surface area (Å²) < 4.78 is 2.62. The number of aromatic hydroxyl groups is 2. The van der Waals surface area contributed by atoms with Crippen molar-refractivity contribution in [2.75, 3.05) is 14.1 Å². The monoisotopic (exact) mass is 556 g/mol. The number of rotatable bonds is 7. The standard InChI is InChI=1S/C26H20N8O7/c1-32(2)24(37)13-7-18(20-11-33(30-28-20)14-3-5-16(25(38)39)22(35)9-14)27-19(8-13)21-12-34(31-29-21)15-4-6-17(26(40)41)23(36)10-15/h3-12,35-36H,1-2H3,(H,38,39)(H,40,41). The molecule has 0 spiro atoms. The van der Waals surface area contributed by atoms with Crippen LogP contribution in [0.1, 0.15) is 31.1 Å². The molecule has 5 aromatic rings. The molecule has 41 heavy (non-hydrogen) atoms. The van der Waals surface area contributed by atoms with E-state index in [0.717, 1.165) is 0 Å². The number of amides is 1. The van der Waals surface area contributed by atoms with Gasteiger partial charge in [0.1, 0.15) is 34.0 Å². The topological polar surface area (TPSA) is 210 Å². The quantitative estimate of drug-likeness (QED) is 0.227. The fraction of sp³-hybridized carbons (Fsp3) is 0.0769. The fourth-order valence-corrected chi connectivity index (χ4v) is 3.88. The van der Waals surface area contributed by atoms with Crippen molar-refractivity contribution < 1.29 is 34.8 Å². The molecule has 0 atom stereocenters. The number of pyridine rings is 1. The van der Waals surface area contributed by atoms with Crippen LogP contribution in [0.5, 0.6) is 11.5 Å². The van der Waals surface area contributed by atoms with E-state index in [-0.39, 0.29) is 45.4 Å². The molecule has 0 saturated heterocycles. The summed E-state index contributed by atoms with van der Waals surface area (Å²) in [4.78, 5) is 41.2. The minimum Gasteiger partial charge on any atom is -0.507 e. The molecule has 15 nitrogen and oxygen atoms in total. The van der Waals surface area contributed by atoms with E-state index in [1.807, 2.05) is 0 Å². The lowest BCUT2D eigenvalue weighted by atomic mass is 10.1. The van der Waals surface area contributed by atoms with E-state index >= 15 is 0 Å². The molecule has 0 radical (unpaired) electrons. The van der Waals surface area contributed by atoms with Crippen LogP contribution in [0.3, 0.4) is 0 Å². The highest BCUT2D eigenvalue weighted by atomic mass is 16.4. The number of carboxylic acid groups (broad SMARTS) is 2. The van der Waals surface area contributed by atoms with Gasteiger partial charge in [0.05, 0.1) is 35.2 Å². The molecule has 3 aromatic heterocycles. The van der Waals surface area contributed by atoms with Crippen molar-refractivity contribution in [3.05, 3.63) is 77.6 Å². The number of phenols is 2. The Morgan fingerprint density at radius 3 is 1.49 bits per heavy atom. The molecule has 0 unspecified atom stereocenters. The highest BCUT2D eigenvalue weighted by Gasteiger charge is 2.19. The summed E-state index contributed by atoms with van der Waals surface area (Å²) in [6.45, 7) is 0. The third kappa shape index (κ3) is 5.14. The molecular weight excluding hydrogens is 536 g/mol. The Balaban J connectivity index is 1.54. The highest BCUT2D eigenvalue weighted by Crippen LogP contribution is 2.27. The molecule has 1 amide bonds. The van der Waals surface area contributed by atoms with Crippen molar-refractivity contribution in [3.63, 3.8) is 0 Å². The summed E-state index contributed by atoms with van der Waals surface area (Å²) in [5, 5.41) is 54.7. The van der Waals surface area contributed by atoms with Gasteiger partial charge in [-0.1, -0.05) is 10.4 Å². The summed E-state index contributed by atoms with van der Waals surface area (Å²) in [5.74, 6) is -3.77. The second-order valence-electron chi connectivity index (χ2n) is 8.94. The average molecular weight is 556 g/mol. The fourth-order valence-electron chi connectivity index (χ4n) is 3.88. The molecule has 2 aromatic carbocycles. The Kier molecular flexibility index (Phi) is 6.60. The third-order valence-electron chi connectivity index (χ3n) is 5.94. The summed E-state index contributed by atoms with van der Waals surface area (Å²) >= 11 is 0. The van der Waals surface area contributed by atoms with Gasteiger partial charge in [0, 0.05) is 31.8 Å². The average Bonchev–Trinajstić information content (AvgIpc) is 3.63. The molecular formula is C26H20N8O7. The van der Waals surface area contributed by atoms with Crippen molar-refractivity contribution >= 4 is 17.8 Å². The summed E-state index contributed by atoms with van der Waals surface area (Å²) in [6, 6.07) is 10.9. The number of carbonyl (C=O) groups excluding carboxylic acids is 1. The molecule has 0 saturated carbocycles. The van der Waals surface area contributed by atoms with E-state index < -0.39 is 23.4 Å². The first kappa shape index (κ1) is 26.5. The van der Waals surface area contributed by atoms with Crippen LogP contribution in [-0.4, -0.2) is 92.2 Å². The zero-order valence-electron chi connectivity index (χ0n) is 21.4. The third-order valence-corrected chi connectivity index (χ3v) is 5.94. The summed E-state index contributed by atoms with van der Waals surface area (Å²) in [5.41, 5.74) is 1.48. The maximum Gasteiger partial charge on any atom is 0.339 e. The maximum atomic E-state index is 12.9. The molecule has 5 rings (SSSR count). The predicted octanol–water partition coefficient (Wildman–Crippen LogP) is 2.09. The first-order chi connectivity index (χ1) is 19.5. The first-order valence-corrected chi connectivity index (χ1v) is 11.7. The van der Waals surface area contributed by atoms with Crippen LogP contribution in [0.4, 0.5) is 0 Å². The molecule has 0 bridgehead atoms. The molecule has 206 valence electrons. The van der Waals surface area contributed by atoms with Gasteiger partial charge in [0.25, 0.3) is 5.91 Å². The van der Waals surface area contributed by atoms with E-state index in [0.29, 0.717) is 11.4 Å². The zero-order chi connectivity index (χ0) is 29.4. The highest BCUT2D eigenvalue weighted by molar-refractivity contribution is 5.96. The van der Waals surface area contributed by atoms with Gasteiger partial charge in [-0.3, -0.25) is 4.79 Å². The smallest absolute Gasteiger partial charge is 0.339 e. The normalized spacial score (nSPS) is 10.9. The van der Waals surface area contributed by atoms with Gasteiger partial charge >= 0.3 is 11.9 Å². The summed E-state index contributed by atoms with van der Waals surface area (Å²) in [6.07, 6.45) is 2.99. The Morgan fingerprint density at radius 1 is 0.683 bits per heavy atom. The van der Waals surface area contributed by atoms with Gasteiger partial charge < -0.3 is 25.3 Å². The molecule has 3 heterocycles. The van der Waals surface area contributed by atoms with Crippen LogP contribution < -0.4 is 0 Å². The predicted molar refractivity (Wildman–Crippen MR) is 140 cm³/mol. The van der Waals surface area contributed by atoms with Crippen LogP contribution >= 0.6 is 0 Å². The van der Waals surface area contributed by atoms with Gasteiger partial charge in [0.2, 0.25) is 0 Å². The van der Waals surface area contributed by atoms with E-state index in [2.05, 4.69) is 25.6 Å². The van der Waals surface area contributed by atoms with Crippen molar-refractivity contribution in [2.24, 2.45) is 0 Å². The first-order valence-electron chi connectivity index (χ1n) is 11.7. The van der Waals surface area contributed by atoms with Crippen molar-refractivity contribution in [3.8, 4) is 45.6 Å². The van der Waals surface area contributed by atoms with Crippen LogP contribution in [0.15, 0.2) is 60.9 Å². The lowest BCUT2D eigenvalue weighted by molar-refractivity contribution is 0.0682. The number of hydrogen-bond acceptors (Lipinski definition) is 10. The minimum absolute atomic E-state index is 0.267. The van der Waals surface area contributed by atoms with Crippen molar-refractivity contribution in [2.45, 2.75) is 0 Å². The van der Waals surface area contributed by atoms with Crippen LogP contribution in [0.2, 0.25) is 0 Å². The second kappa shape index (κ2) is 10.2. The van der Waals surface area contributed by atoms with Gasteiger partial charge in [-0.05, 0) is 36.4 Å². The van der Waals surface area contributed by atoms with E-state index in [1.165, 1.54) is 75.2 Å². The molecule has 0 fully saturated rings. The van der Waals surface area contributed by atoms with Gasteiger partial charge in [-0.15, -0.1) is 10.2 Å². The number of aromatic nitrogens is 7. The number of carbonyl (C=O) groups is 3. The number of hydrogen-bond donors (Lipinski definition) is 4. The SMILES string of the molecule is CN(C)C(=O)c1cc(-c2cn(-c3ccc(C(=O)O)c(O)c3)nn2)nc(-c2cn(-c3ccc(C(=O)O)c(O)c3)nn2)c1. The maximum absolute atomic E-state index is 12.9. The van der Waals surface area contributed by atoms with Gasteiger partial charge in [0.15, 0.2) is 0 Å². The number of nitrogens with zero attached hydrogens (tertiary/aromatic N) is 8. The Morgan fingerprint density at radius 2 is 1.12 bits per heavy atom. The Bertz CT molecular complexity index is 1720. The van der Waals surface area contributed by atoms with E-state index in [4.69, 9.17) is 10.2 Å². The zero-order valence-corrected chi connectivity index (χ0v) is 21.4. The molecule has 15 heteroatoms. The molecule has 4 N–H and O–H groups in total. The number of benzene rings is 2. The number of carboxylic acids is 2. The molecule has 0 aliphatic heterocycles. The van der Waals surface area contributed by atoms with E-state index in [9.17, 15) is 24.6 Å². The minimum atomic E-state index is -1.28.